The Kier molecular flexibility index (Phi) is 3280. The van der Waals surface area contributed by atoms with Crippen LogP contribution in [0.4, 0.5) is 0 Å². The molecule has 0 aliphatic heterocycles. The van der Waals surface area contributed by atoms with Gasteiger partial charge in [-0.05, 0) is 0 Å². The van der Waals surface area contributed by atoms with Gasteiger partial charge in [0.2, 0.25) is 0 Å². The van der Waals surface area contributed by atoms with E-state index in [0.29, 0.717) is 0 Å². The molecule has 0 aromatic rings. The fraction of sp³-hybridized carbons (Fsp3) is 0. The second-order valence-electron chi connectivity index (χ2n) is 0. The van der Waals surface area contributed by atoms with Crippen LogP contribution in [-0.2, 0) is 21.1 Å². The van der Waals surface area contributed by atoms with Crippen LogP contribution in [0.2, 0.25) is 0 Å². The summed E-state index contributed by atoms with van der Waals surface area (Å²) in [6.07, 6.45) is 0. The molecule has 0 radical (unpaired) electrons. The molecule has 8 N–H and O–H groups in total. The van der Waals surface area contributed by atoms with Crippen LogP contribution in [0.15, 0.2) is 0 Å². The van der Waals surface area contributed by atoms with Crippen molar-refractivity contribution >= 4 is 0 Å². The van der Waals surface area contributed by atoms with Gasteiger partial charge in [0.05, 0.1) is 0 Å². The third kappa shape index (κ3) is 19.6. The van der Waals surface area contributed by atoms with Crippen molar-refractivity contribution in [1.82, 2.24) is 12.3 Å². The maximum absolute atomic E-state index is 0. The van der Waals surface area contributed by atoms with Gasteiger partial charge in [0.15, 0.2) is 0 Å². The Labute approximate surface area is 39.5 Å². The van der Waals surface area contributed by atoms with Crippen LogP contribution in [0, 0.1) is 0 Å². The molecule has 0 rings (SSSR count). The van der Waals surface area contributed by atoms with E-state index in [1.807, 2.05) is 0 Å². The van der Waals surface area contributed by atoms with E-state index in [1.54, 1.807) is 0 Å². The van der Waals surface area contributed by atoms with Crippen LogP contribution in [0.1, 0.15) is 0 Å². The standard InChI is InChI=1S/2H3N.H2O.Pt/h2*1H3;1H2;. The SMILES string of the molecule is N.N.O.[Pt]. The van der Waals surface area contributed by atoms with Crippen molar-refractivity contribution in [3.05, 3.63) is 0 Å². The van der Waals surface area contributed by atoms with Crippen LogP contribution in [0.3, 0.4) is 0 Å². The van der Waals surface area contributed by atoms with Crippen molar-refractivity contribution in [2.24, 2.45) is 0 Å². The molecule has 34 valence electrons. The Morgan fingerprint density at radius 2 is 0.750 bits per heavy atom. The molecule has 4 heavy (non-hydrogen) atoms. The summed E-state index contributed by atoms with van der Waals surface area (Å²) in [6.45, 7) is 0. The summed E-state index contributed by atoms with van der Waals surface area (Å²) in [7, 11) is 0. The van der Waals surface area contributed by atoms with Crippen LogP contribution in [-0.4, -0.2) is 5.48 Å². The summed E-state index contributed by atoms with van der Waals surface area (Å²) in [5, 5.41) is 0. The minimum Gasteiger partial charge on any atom is -0.412 e. The zero-order valence-corrected chi connectivity index (χ0v) is 4.50. The first-order valence-corrected chi connectivity index (χ1v) is 0. The Hall–Kier alpha value is 0.568. The average Bonchev–Trinajstić information content (AvgIpc) is 0. The zero-order chi connectivity index (χ0) is 0. The summed E-state index contributed by atoms with van der Waals surface area (Å²) in [6, 6.07) is 0. The first-order valence-electron chi connectivity index (χ1n) is 0. The van der Waals surface area contributed by atoms with Gasteiger partial charge in [-0.1, -0.05) is 0 Å². The Balaban J connectivity index is 0. The molecule has 0 aromatic carbocycles. The Bertz CT molecular complexity index is 6.00. The van der Waals surface area contributed by atoms with Crippen LogP contribution >= 0.6 is 0 Å². The summed E-state index contributed by atoms with van der Waals surface area (Å²) in [4.78, 5) is 0. The molecule has 0 aromatic heterocycles. The van der Waals surface area contributed by atoms with Crippen molar-refractivity contribution in [2.75, 3.05) is 0 Å². The minimum absolute atomic E-state index is 0. The van der Waals surface area contributed by atoms with E-state index in [9.17, 15) is 0 Å². The molecule has 0 aliphatic carbocycles. The molecule has 0 spiro atoms. The summed E-state index contributed by atoms with van der Waals surface area (Å²) in [5.74, 6) is 0. The maximum atomic E-state index is 0. The van der Waals surface area contributed by atoms with E-state index >= 15 is 0 Å². The third-order valence-corrected chi connectivity index (χ3v) is 0. The van der Waals surface area contributed by atoms with E-state index in [4.69, 9.17) is 0 Å². The van der Waals surface area contributed by atoms with Crippen LogP contribution in [0.25, 0.3) is 0 Å². The predicted octanol–water partition coefficient (Wildman–Crippen LogP) is -0.503. The second kappa shape index (κ2) is 72.9. The van der Waals surface area contributed by atoms with Gasteiger partial charge in [0, 0.05) is 21.1 Å². The largest absolute Gasteiger partial charge is 0.412 e. The molecule has 0 saturated heterocycles. The fourth-order valence-electron chi connectivity index (χ4n) is 0. The minimum atomic E-state index is 0. The molecule has 0 fully saturated rings. The van der Waals surface area contributed by atoms with Crippen molar-refractivity contribution < 1.29 is 26.5 Å². The number of rotatable bonds is 0. The summed E-state index contributed by atoms with van der Waals surface area (Å²) < 4.78 is 0. The van der Waals surface area contributed by atoms with Gasteiger partial charge >= 0.3 is 0 Å². The monoisotopic (exact) mass is 247 g/mol. The summed E-state index contributed by atoms with van der Waals surface area (Å²) >= 11 is 0. The van der Waals surface area contributed by atoms with Gasteiger partial charge < -0.3 is 17.8 Å². The Morgan fingerprint density at radius 3 is 0.750 bits per heavy atom. The fourth-order valence-corrected chi connectivity index (χ4v) is 0. The molecule has 4 heteroatoms. The predicted molar refractivity (Wildman–Crippen MR) is 13.7 cm³/mol. The Morgan fingerprint density at radius 1 is 0.750 bits per heavy atom. The van der Waals surface area contributed by atoms with Gasteiger partial charge in [-0.25, -0.2) is 0 Å². The van der Waals surface area contributed by atoms with Crippen molar-refractivity contribution in [3.8, 4) is 0 Å². The zero-order valence-electron chi connectivity index (χ0n) is 2.23. The number of hydrogen-bond acceptors (Lipinski definition) is 2. The molecule has 0 atom stereocenters. The molecule has 0 heterocycles. The van der Waals surface area contributed by atoms with E-state index in [0.717, 1.165) is 0 Å². The second-order valence-corrected chi connectivity index (χ2v) is 0. The van der Waals surface area contributed by atoms with Gasteiger partial charge in [0.1, 0.15) is 0 Å². The summed E-state index contributed by atoms with van der Waals surface area (Å²) in [5.41, 5.74) is 0. The van der Waals surface area contributed by atoms with Gasteiger partial charge in [-0.15, -0.1) is 0 Å². The number of hydrogen-bond donors (Lipinski definition) is 2. The van der Waals surface area contributed by atoms with E-state index in [1.165, 1.54) is 0 Å². The molecular weight excluding hydrogens is 239 g/mol. The molecular formula is H8N2OPt. The van der Waals surface area contributed by atoms with E-state index < -0.39 is 0 Å². The van der Waals surface area contributed by atoms with E-state index in [-0.39, 0.29) is 38.8 Å². The van der Waals surface area contributed by atoms with Crippen LogP contribution in [0.5, 0.6) is 0 Å². The van der Waals surface area contributed by atoms with Gasteiger partial charge in [0.25, 0.3) is 0 Å². The van der Waals surface area contributed by atoms with Crippen LogP contribution < -0.4 is 12.3 Å². The molecule has 3 nitrogen and oxygen atoms in total. The van der Waals surface area contributed by atoms with Gasteiger partial charge in [-0.3, -0.25) is 0 Å². The van der Waals surface area contributed by atoms with Gasteiger partial charge in [-0.2, -0.15) is 0 Å². The van der Waals surface area contributed by atoms with Crippen molar-refractivity contribution in [2.45, 2.75) is 0 Å². The quantitative estimate of drug-likeness (QED) is 0.602. The molecule has 0 saturated carbocycles. The molecule has 0 unspecified atom stereocenters. The topological polar surface area (TPSA) is 102 Å². The molecule has 0 aliphatic rings. The molecule has 0 bridgehead atoms. The average molecular weight is 247 g/mol. The van der Waals surface area contributed by atoms with E-state index in [2.05, 4.69) is 0 Å². The first kappa shape index (κ1) is 180. The third-order valence-electron chi connectivity index (χ3n) is 0. The van der Waals surface area contributed by atoms with Crippen molar-refractivity contribution in [3.63, 3.8) is 0 Å². The maximum Gasteiger partial charge on any atom is 0 e. The smallest absolute Gasteiger partial charge is 0 e. The normalized spacial score (nSPS) is 0. The van der Waals surface area contributed by atoms with Crippen molar-refractivity contribution in [1.29, 1.82) is 0 Å². The first-order chi connectivity index (χ1) is 0. The molecule has 0 amide bonds.